The second kappa shape index (κ2) is 10.4. The lowest BCUT2D eigenvalue weighted by Crippen LogP contribution is -2.41. The molecule has 0 amide bonds. The molecule has 0 aliphatic carbocycles. The minimum atomic E-state index is -4.04. The Labute approximate surface area is 222 Å². The third-order valence-electron chi connectivity index (χ3n) is 6.34. The van der Waals surface area contributed by atoms with Crippen LogP contribution in [0.4, 0.5) is 0 Å². The zero-order valence-electron chi connectivity index (χ0n) is 20.4. The normalized spacial score (nSPS) is 18.1. The summed E-state index contributed by atoms with van der Waals surface area (Å²) in [5, 5.41) is 0.416. The minimum Gasteiger partial charge on any atom is -0.497 e. The first-order chi connectivity index (χ1) is 17.9. The van der Waals surface area contributed by atoms with Gasteiger partial charge in [0.15, 0.2) is 6.23 Å². The molecular weight excluding hydrogens is 506 g/mol. The highest BCUT2D eigenvalue weighted by atomic mass is 35.5. The first-order valence-electron chi connectivity index (χ1n) is 11.8. The number of nitrogens with zero attached hydrogens (tertiary/aromatic N) is 1. The Balaban J connectivity index is 1.75. The van der Waals surface area contributed by atoms with Crippen molar-refractivity contribution in [3.63, 3.8) is 0 Å². The summed E-state index contributed by atoms with van der Waals surface area (Å²) >= 11 is 6.63. The predicted octanol–water partition coefficient (Wildman–Crippen LogP) is 7.16. The maximum atomic E-state index is 14.3. The lowest BCUT2D eigenvalue weighted by molar-refractivity contribution is 0.0296. The standard InChI is InChI=1S/C30H26ClNO4S/c1-21-12-18-25(19-13-21)37(33,34)32-28(22-14-16-24(35-2)17-15-22)20-29(23-8-4-3-5-9-23)36-30(32)26-10-6-7-11-27(26)31/h3-20,28,30H,1-2H3/t28-,30-/m0/s1. The van der Waals surface area contributed by atoms with Crippen molar-refractivity contribution in [1.82, 2.24) is 4.31 Å². The lowest BCUT2D eigenvalue weighted by atomic mass is 10.0. The van der Waals surface area contributed by atoms with Gasteiger partial charge in [-0.05, 0) is 48.9 Å². The molecule has 1 heterocycles. The van der Waals surface area contributed by atoms with E-state index in [1.807, 2.05) is 79.7 Å². The summed E-state index contributed by atoms with van der Waals surface area (Å²) in [4.78, 5) is 0.175. The summed E-state index contributed by atoms with van der Waals surface area (Å²) in [6.45, 7) is 1.92. The molecule has 0 fully saturated rings. The maximum absolute atomic E-state index is 14.3. The van der Waals surface area contributed by atoms with Crippen molar-refractivity contribution in [1.29, 1.82) is 0 Å². The smallest absolute Gasteiger partial charge is 0.247 e. The predicted molar refractivity (Wildman–Crippen MR) is 146 cm³/mol. The number of sulfonamides is 1. The average Bonchev–Trinajstić information content (AvgIpc) is 2.93. The van der Waals surface area contributed by atoms with Gasteiger partial charge < -0.3 is 9.47 Å². The van der Waals surface area contributed by atoms with E-state index in [0.717, 1.165) is 16.7 Å². The number of ether oxygens (including phenoxy) is 2. The van der Waals surface area contributed by atoms with Crippen molar-refractivity contribution in [3.05, 3.63) is 136 Å². The van der Waals surface area contributed by atoms with Crippen molar-refractivity contribution >= 4 is 27.4 Å². The molecular formula is C30H26ClNO4S. The molecule has 1 aliphatic heterocycles. The van der Waals surface area contributed by atoms with E-state index in [1.165, 1.54) is 4.31 Å². The summed E-state index contributed by atoms with van der Waals surface area (Å²) in [6.07, 6.45) is 0.836. The first kappa shape index (κ1) is 25.1. The van der Waals surface area contributed by atoms with E-state index < -0.39 is 22.3 Å². The SMILES string of the molecule is COc1ccc([C@@H]2C=C(c3ccccc3)O[C@@H](c3ccccc3Cl)N2S(=O)(=O)c2ccc(C)cc2)cc1. The zero-order valence-corrected chi connectivity index (χ0v) is 22.0. The molecule has 5 rings (SSSR count). The number of benzene rings is 4. The van der Waals surface area contributed by atoms with Gasteiger partial charge in [-0.1, -0.05) is 90.0 Å². The second-order valence-electron chi connectivity index (χ2n) is 8.75. The fourth-order valence-electron chi connectivity index (χ4n) is 4.37. The summed E-state index contributed by atoms with van der Waals surface area (Å²) in [5.74, 6) is 1.25. The van der Waals surface area contributed by atoms with E-state index >= 15 is 0 Å². The number of halogens is 1. The van der Waals surface area contributed by atoms with Gasteiger partial charge in [0.1, 0.15) is 11.5 Å². The Morgan fingerprint density at radius 1 is 0.838 bits per heavy atom. The average molecular weight is 532 g/mol. The zero-order chi connectivity index (χ0) is 26.0. The third-order valence-corrected chi connectivity index (χ3v) is 8.52. The third kappa shape index (κ3) is 5.01. The monoisotopic (exact) mass is 531 g/mol. The van der Waals surface area contributed by atoms with Crippen molar-refractivity contribution in [2.75, 3.05) is 7.11 Å². The molecule has 0 spiro atoms. The van der Waals surface area contributed by atoms with E-state index in [1.54, 1.807) is 43.5 Å². The quantitative estimate of drug-likeness (QED) is 0.265. The first-order valence-corrected chi connectivity index (χ1v) is 13.6. The number of rotatable bonds is 6. The van der Waals surface area contributed by atoms with Gasteiger partial charge in [0.2, 0.25) is 10.0 Å². The molecule has 7 heteroatoms. The van der Waals surface area contributed by atoms with Gasteiger partial charge in [-0.25, -0.2) is 8.42 Å². The summed E-state index contributed by atoms with van der Waals surface area (Å²) in [5.41, 5.74) is 3.13. The molecule has 0 bridgehead atoms. The van der Waals surface area contributed by atoms with Gasteiger partial charge in [0.05, 0.1) is 18.0 Å². The Morgan fingerprint density at radius 3 is 2.14 bits per heavy atom. The molecule has 4 aromatic carbocycles. The van der Waals surface area contributed by atoms with Crippen molar-refractivity contribution in [2.45, 2.75) is 24.1 Å². The van der Waals surface area contributed by atoms with Gasteiger partial charge in [0.25, 0.3) is 0 Å². The maximum Gasteiger partial charge on any atom is 0.247 e. The Bertz CT molecular complexity index is 1520. The van der Waals surface area contributed by atoms with E-state index in [0.29, 0.717) is 22.1 Å². The van der Waals surface area contributed by atoms with Crippen LogP contribution in [-0.4, -0.2) is 19.8 Å². The fourth-order valence-corrected chi connectivity index (χ4v) is 6.21. The van der Waals surface area contributed by atoms with E-state index in [4.69, 9.17) is 21.1 Å². The number of aryl methyl sites for hydroxylation is 1. The summed E-state index contributed by atoms with van der Waals surface area (Å²) in [7, 11) is -2.44. The molecule has 0 saturated carbocycles. The van der Waals surface area contributed by atoms with Gasteiger partial charge in [-0.2, -0.15) is 0 Å². The number of hydrogen-bond acceptors (Lipinski definition) is 4. The molecule has 0 radical (unpaired) electrons. The molecule has 5 nitrogen and oxygen atoms in total. The molecule has 4 aromatic rings. The molecule has 188 valence electrons. The number of methoxy groups -OCH3 is 1. The minimum absolute atomic E-state index is 0.175. The summed E-state index contributed by atoms with van der Waals surface area (Å²) < 4.78 is 41.8. The molecule has 2 atom stereocenters. The van der Waals surface area contributed by atoms with Crippen LogP contribution >= 0.6 is 11.6 Å². The molecule has 0 unspecified atom stereocenters. The van der Waals surface area contributed by atoms with Gasteiger partial charge >= 0.3 is 0 Å². The van der Waals surface area contributed by atoms with Gasteiger partial charge in [0, 0.05) is 16.1 Å². The summed E-state index contributed by atoms with van der Waals surface area (Å²) in [6, 6.07) is 30.3. The highest BCUT2D eigenvalue weighted by Crippen LogP contribution is 2.46. The van der Waals surface area contributed by atoms with Crippen LogP contribution in [0.3, 0.4) is 0 Å². The molecule has 0 aromatic heterocycles. The highest BCUT2D eigenvalue weighted by Gasteiger charge is 2.43. The van der Waals surface area contributed by atoms with E-state index in [-0.39, 0.29) is 4.90 Å². The second-order valence-corrected chi connectivity index (χ2v) is 11.0. The largest absolute Gasteiger partial charge is 0.497 e. The van der Waals surface area contributed by atoms with E-state index in [9.17, 15) is 8.42 Å². The molecule has 0 N–H and O–H groups in total. The van der Waals surface area contributed by atoms with Crippen LogP contribution in [0.5, 0.6) is 5.75 Å². The lowest BCUT2D eigenvalue weighted by Gasteiger charge is -2.40. The van der Waals surface area contributed by atoms with Gasteiger partial charge in [-0.3, -0.25) is 0 Å². The molecule has 0 saturated heterocycles. The Kier molecular flexibility index (Phi) is 7.07. The van der Waals surface area contributed by atoms with E-state index in [2.05, 4.69) is 0 Å². The van der Waals surface area contributed by atoms with Crippen LogP contribution in [0.1, 0.15) is 34.5 Å². The highest BCUT2D eigenvalue weighted by molar-refractivity contribution is 7.89. The van der Waals surface area contributed by atoms with Crippen molar-refractivity contribution in [2.24, 2.45) is 0 Å². The number of hydrogen-bond donors (Lipinski definition) is 0. The Hall–Kier alpha value is -3.58. The van der Waals surface area contributed by atoms with Crippen LogP contribution < -0.4 is 4.74 Å². The topological polar surface area (TPSA) is 55.8 Å². The molecule has 1 aliphatic rings. The fraction of sp³-hybridized carbons (Fsp3) is 0.133. The van der Waals surface area contributed by atoms with Crippen LogP contribution in [0.25, 0.3) is 5.76 Å². The Morgan fingerprint density at radius 2 is 1.49 bits per heavy atom. The molecule has 37 heavy (non-hydrogen) atoms. The van der Waals surface area contributed by atoms with Crippen LogP contribution in [0.15, 0.2) is 114 Å². The van der Waals surface area contributed by atoms with Gasteiger partial charge in [-0.15, -0.1) is 4.31 Å². The van der Waals surface area contributed by atoms with Crippen LogP contribution in [0, 0.1) is 6.92 Å². The van der Waals surface area contributed by atoms with Crippen LogP contribution in [0.2, 0.25) is 5.02 Å². The van der Waals surface area contributed by atoms with Crippen LogP contribution in [-0.2, 0) is 14.8 Å². The van der Waals surface area contributed by atoms with Crippen molar-refractivity contribution in [3.8, 4) is 5.75 Å². The van der Waals surface area contributed by atoms with Crippen molar-refractivity contribution < 1.29 is 17.9 Å².